The van der Waals surface area contributed by atoms with E-state index in [1.807, 2.05) is 0 Å². The summed E-state index contributed by atoms with van der Waals surface area (Å²) in [5, 5.41) is 11.6. The van der Waals surface area contributed by atoms with Gasteiger partial charge in [-0.25, -0.2) is 9.78 Å². The van der Waals surface area contributed by atoms with E-state index in [4.69, 9.17) is 10.8 Å². The largest absolute Gasteiger partial charge is 0.467 e. The first kappa shape index (κ1) is 12.9. The minimum absolute atomic E-state index is 0.258. The molecule has 7 nitrogen and oxygen atoms in total. The molecule has 1 aromatic rings. The molecule has 1 aromatic heterocycles. The minimum Gasteiger partial charge on any atom is -0.467 e. The topological polar surface area (TPSA) is 115 Å². The van der Waals surface area contributed by atoms with Crippen LogP contribution in [0.1, 0.15) is 10.4 Å². The molecule has 1 heterocycles. The lowest BCUT2D eigenvalue weighted by Gasteiger charge is -2.14. The summed E-state index contributed by atoms with van der Waals surface area (Å²) in [6, 6.07) is 2.04. The van der Waals surface area contributed by atoms with Crippen LogP contribution in [0.15, 0.2) is 18.3 Å². The highest BCUT2D eigenvalue weighted by atomic mass is 16.5. The van der Waals surface area contributed by atoms with E-state index in [1.165, 1.54) is 25.4 Å². The van der Waals surface area contributed by atoms with Gasteiger partial charge >= 0.3 is 5.97 Å². The number of ether oxygens (including phenoxy) is 1. The number of nitrogens with zero attached hydrogens (tertiary/aromatic N) is 1. The Morgan fingerprint density at radius 3 is 2.71 bits per heavy atom. The number of carbonyl (C=O) groups excluding carboxylic acids is 2. The van der Waals surface area contributed by atoms with E-state index in [0.29, 0.717) is 5.82 Å². The fraction of sp³-hybridized carbons (Fsp3) is 0.300. The fourth-order valence-corrected chi connectivity index (χ4v) is 1.12. The van der Waals surface area contributed by atoms with Gasteiger partial charge in [-0.1, -0.05) is 0 Å². The van der Waals surface area contributed by atoms with E-state index in [0.717, 1.165) is 0 Å². The summed E-state index contributed by atoms with van der Waals surface area (Å²) in [5.41, 5.74) is 5.31. The van der Waals surface area contributed by atoms with Gasteiger partial charge in [-0.3, -0.25) is 4.79 Å². The second kappa shape index (κ2) is 5.80. The molecule has 0 radical (unpaired) electrons. The average Bonchev–Trinajstić information content (AvgIpc) is 2.35. The number of carbonyl (C=O) groups is 2. The number of aliphatic hydroxyl groups is 1. The maximum atomic E-state index is 11.2. The van der Waals surface area contributed by atoms with Crippen LogP contribution in [0.2, 0.25) is 0 Å². The number of hydrogen-bond acceptors (Lipinski definition) is 6. The highest BCUT2D eigenvalue weighted by Gasteiger charge is 2.18. The van der Waals surface area contributed by atoms with E-state index < -0.39 is 24.5 Å². The Labute approximate surface area is 97.6 Å². The number of aromatic nitrogens is 1. The van der Waals surface area contributed by atoms with Crippen LogP contribution in [0, 0.1) is 0 Å². The van der Waals surface area contributed by atoms with Crippen molar-refractivity contribution in [2.75, 3.05) is 19.0 Å². The Morgan fingerprint density at radius 2 is 2.29 bits per heavy atom. The van der Waals surface area contributed by atoms with Crippen molar-refractivity contribution in [2.24, 2.45) is 5.73 Å². The van der Waals surface area contributed by atoms with Crippen LogP contribution < -0.4 is 11.1 Å². The third kappa shape index (κ3) is 3.42. The number of nitrogens with two attached hydrogens (primary N) is 1. The number of anilines is 1. The number of esters is 1. The highest BCUT2D eigenvalue weighted by Crippen LogP contribution is 2.06. The first-order valence-electron chi connectivity index (χ1n) is 4.79. The van der Waals surface area contributed by atoms with Gasteiger partial charge in [-0.15, -0.1) is 0 Å². The molecule has 1 rings (SSSR count). The van der Waals surface area contributed by atoms with Crippen molar-refractivity contribution in [1.82, 2.24) is 4.98 Å². The number of nitrogens with one attached hydrogen (secondary N) is 1. The predicted octanol–water partition coefficient (Wildman–Crippen LogP) is -0.874. The number of pyridine rings is 1. The summed E-state index contributed by atoms with van der Waals surface area (Å²) >= 11 is 0. The lowest BCUT2D eigenvalue weighted by Crippen LogP contribution is -2.34. The zero-order valence-electron chi connectivity index (χ0n) is 9.21. The standard InChI is InChI=1S/C10H13N3O4/c1-17-10(16)7(5-14)13-8-3-2-6(4-12-8)9(11)15/h2-4,7,14H,5H2,1H3,(H2,11,15)(H,12,13). The van der Waals surface area contributed by atoms with E-state index >= 15 is 0 Å². The zero-order valence-corrected chi connectivity index (χ0v) is 9.21. The molecule has 0 aliphatic rings. The second-order valence-electron chi connectivity index (χ2n) is 3.20. The van der Waals surface area contributed by atoms with Gasteiger partial charge in [0.15, 0.2) is 0 Å². The average molecular weight is 239 g/mol. The van der Waals surface area contributed by atoms with Crippen LogP contribution >= 0.6 is 0 Å². The summed E-state index contributed by atoms with van der Waals surface area (Å²) < 4.78 is 4.47. The highest BCUT2D eigenvalue weighted by molar-refractivity contribution is 5.92. The second-order valence-corrected chi connectivity index (χ2v) is 3.20. The normalized spacial score (nSPS) is 11.6. The van der Waals surface area contributed by atoms with Crippen LogP contribution in [0.5, 0.6) is 0 Å². The molecule has 0 fully saturated rings. The molecule has 0 bridgehead atoms. The molecule has 17 heavy (non-hydrogen) atoms. The Morgan fingerprint density at radius 1 is 1.59 bits per heavy atom. The number of primary amides is 1. The molecule has 0 aromatic carbocycles. The predicted molar refractivity (Wildman–Crippen MR) is 59.3 cm³/mol. The van der Waals surface area contributed by atoms with E-state index in [2.05, 4.69) is 15.0 Å². The van der Waals surface area contributed by atoms with Crippen LogP contribution in [0.4, 0.5) is 5.82 Å². The monoisotopic (exact) mass is 239 g/mol. The molecule has 7 heteroatoms. The lowest BCUT2D eigenvalue weighted by molar-refractivity contribution is -0.142. The quantitative estimate of drug-likeness (QED) is 0.575. The summed E-state index contributed by atoms with van der Waals surface area (Å²) in [6.07, 6.45) is 1.27. The smallest absolute Gasteiger partial charge is 0.330 e. The van der Waals surface area contributed by atoms with Crippen molar-refractivity contribution in [1.29, 1.82) is 0 Å². The maximum absolute atomic E-state index is 11.2. The van der Waals surface area contributed by atoms with Crippen LogP contribution in [-0.4, -0.2) is 41.7 Å². The molecule has 0 saturated heterocycles. The van der Waals surface area contributed by atoms with E-state index in [1.54, 1.807) is 0 Å². The number of rotatable bonds is 5. The first-order valence-corrected chi connectivity index (χ1v) is 4.79. The number of aliphatic hydroxyl groups excluding tert-OH is 1. The van der Waals surface area contributed by atoms with Gasteiger partial charge in [-0.05, 0) is 12.1 Å². The Balaban J connectivity index is 2.74. The molecule has 0 aliphatic carbocycles. The molecule has 1 amide bonds. The molecule has 0 spiro atoms. The van der Waals surface area contributed by atoms with Gasteiger partial charge in [0.1, 0.15) is 11.9 Å². The zero-order chi connectivity index (χ0) is 12.8. The minimum atomic E-state index is -0.896. The molecule has 0 aliphatic heterocycles. The van der Waals surface area contributed by atoms with Gasteiger partial charge in [0, 0.05) is 6.20 Å². The lowest BCUT2D eigenvalue weighted by atomic mass is 10.2. The third-order valence-electron chi connectivity index (χ3n) is 2.04. The third-order valence-corrected chi connectivity index (χ3v) is 2.04. The van der Waals surface area contributed by atoms with Gasteiger partial charge in [0.25, 0.3) is 0 Å². The summed E-state index contributed by atoms with van der Waals surface area (Å²) in [5.74, 6) is -0.858. The summed E-state index contributed by atoms with van der Waals surface area (Å²) in [7, 11) is 1.22. The molecule has 1 atom stereocenters. The van der Waals surface area contributed by atoms with Gasteiger partial charge in [0.05, 0.1) is 19.3 Å². The Hall–Kier alpha value is -2.15. The summed E-state index contributed by atoms with van der Waals surface area (Å²) in [4.78, 5) is 25.8. The molecular weight excluding hydrogens is 226 g/mol. The van der Waals surface area contributed by atoms with Crippen molar-refractivity contribution in [3.8, 4) is 0 Å². The molecule has 92 valence electrons. The molecule has 1 unspecified atom stereocenters. The van der Waals surface area contributed by atoms with Crippen LogP contribution in [0.25, 0.3) is 0 Å². The van der Waals surface area contributed by atoms with Crippen LogP contribution in [-0.2, 0) is 9.53 Å². The van der Waals surface area contributed by atoms with Crippen molar-refractivity contribution in [2.45, 2.75) is 6.04 Å². The van der Waals surface area contributed by atoms with Gasteiger partial charge in [0.2, 0.25) is 5.91 Å². The van der Waals surface area contributed by atoms with E-state index in [9.17, 15) is 9.59 Å². The van der Waals surface area contributed by atoms with E-state index in [-0.39, 0.29) is 5.56 Å². The van der Waals surface area contributed by atoms with Crippen molar-refractivity contribution < 1.29 is 19.4 Å². The Kier molecular flexibility index (Phi) is 4.41. The van der Waals surface area contributed by atoms with Gasteiger partial charge in [-0.2, -0.15) is 0 Å². The molecular formula is C10H13N3O4. The summed E-state index contributed by atoms with van der Waals surface area (Å²) in [6.45, 7) is -0.425. The number of amides is 1. The van der Waals surface area contributed by atoms with Crippen molar-refractivity contribution in [3.05, 3.63) is 23.9 Å². The SMILES string of the molecule is COC(=O)C(CO)Nc1ccc(C(N)=O)cn1. The Bertz CT molecular complexity index is 405. The fourth-order valence-electron chi connectivity index (χ4n) is 1.12. The number of methoxy groups -OCH3 is 1. The first-order chi connectivity index (χ1) is 8.08. The maximum Gasteiger partial charge on any atom is 0.330 e. The number of hydrogen-bond donors (Lipinski definition) is 3. The van der Waals surface area contributed by atoms with Gasteiger partial charge < -0.3 is 20.9 Å². The molecule has 4 N–H and O–H groups in total. The van der Waals surface area contributed by atoms with Crippen molar-refractivity contribution >= 4 is 17.7 Å². The molecule has 0 saturated carbocycles. The van der Waals surface area contributed by atoms with Crippen molar-refractivity contribution in [3.63, 3.8) is 0 Å². The van der Waals surface area contributed by atoms with Crippen LogP contribution in [0.3, 0.4) is 0 Å².